The van der Waals surface area contributed by atoms with E-state index in [2.05, 4.69) is 10.6 Å². The maximum atomic E-state index is 12.0. The van der Waals surface area contributed by atoms with Crippen LogP contribution >= 0.6 is 0 Å². The Labute approximate surface area is 126 Å². The number of esters is 1. The molecule has 0 aliphatic rings. The van der Waals surface area contributed by atoms with E-state index >= 15 is 0 Å². The van der Waals surface area contributed by atoms with Gasteiger partial charge in [-0.25, -0.2) is 0 Å². The number of ether oxygens (including phenoxy) is 1. The van der Waals surface area contributed by atoms with Crippen LogP contribution in [-0.2, 0) is 19.1 Å². The van der Waals surface area contributed by atoms with Crippen LogP contribution in [0.3, 0.4) is 0 Å². The Kier molecular flexibility index (Phi) is 9.36. The first-order valence-electron chi connectivity index (χ1n) is 7.26. The summed E-state index contributed by atoms with van der Waals surface area (Å²) in [6, 6.07) is -0.962. The van der Waals surface area contributed by atoms with E-state index in [0.29, 0.717) is 13.0 Å². The lowest BCUT2D eigenvalue weighted by Crippen LogP contribution is -2.50. The molecule has 0 saturated carbocycles. The second-order valence-electron chi connectivity index (χ2n) is 5.38. The van der Waals surface area contributed by atoms with Gasteiger partial charge in [-0.05, 0) is 19.3 Å². The minimum Gasteiger partial charge on any atom is -0.463 e. The van der Waals surface area contributed by atoms with Gasteiger partial charge in [-0.3, -0.25) is 14.4 Å². The van der Waals surface area contributed by atoms with Crippen molar-refractivity contribution >= 4 is 17.8 Å². The lowest BCUT2D eigenvalue weighted by atomic mass is 10.1. The van der Waals surface area contributed by atoms with Gasteiger partial charge in [-0.15, -0.1) is 0 Å². The van der Waals surface area contributed by atoms with Crippen LogP contribution in [0.25, 0.3) is 0 Å². The molecule has 2 amide bonds. The van der Waals surface area contributed by atoms with Crippen LogP contribution in [0.15, 0.2) is 0 Å². The third-order valence-corrected chi connectivity index (χ3v) is 2.80. The van der Waals surface area contributed by atoms with Crippen LogP contribution in [0.1, 0.15) is 40.5 Å². The summed E-state index contributed by atoms with van der Waals surface area (Å²) < 4.78 is 5.12. The van der Waals surface area contributed by atoms with E-state index in [1.165, 1.54) is 0 Å². The fourth-order valence-electron chi connectivity index (χ4n) is 1.41. The lowest BCUT2D eigenvalue weighted by Gasteiger charge is -2.19. The van der Waals surface area contributed by atoms with Gasteiger partial charge in [0.1, 0.15) is 6.04 Å². The van der Waals surface area contributed by atoms with Crippen molar-refractivity contribution in [3.05, 3.63) is 0 Å². The molecule has 0 heterocycles. The molecular formula is C14H27N3O4. The van der Waals surface area contributed by atoms with Gasteiger partial charge in [-0.2, -0.15) is 0 Å². The molecule has 0 saturated heterocycles. The highest BCUT2D eigenvalue weighted by molar-refractivity contribution is 5.91. The number of hydrogen-bond donors (Lipinski definition) is 3. The quantitative estimate of drug-likeness (QED) is 0.516. The first-order chi connectivity index (χ1) is 9.79. The predicted molar refractivity (Wildman–Crippen MR) is 79.3 cm³/mol. The first kappa shape index (κ1) is 19.4. The average molecular weight is 301 g/mol. The van der Waals surface area contributed by atoms with Crippen molar-refractivity contribution in [2.75, 3.05) is 13.1 Å². The van der Waals surface area contributed by atoms with E-state index < -0.39 is 23.8 Å². The molecule has 0 fully saturated rings. The van der Waals surface area contributed by atoms with Gasteiger partial charge < -0.3 is 21.1 Å². The van der Waals surface area contributed by atoms with Crippen molar-refractivity contribution in [1.82, 2.24) is 10.6 Å². The van der Waals surface area contributed by atoms with Gasteiger partial charge in [0.25, 0.3) is 0 Å². The molecule has 0 spiro atoms. The van der Waals surface area contributed by atoms with Crippen LogP contribution in [0.2, 0.25) is 0 Å². The first-order valence-corrected chi connectivity index (χ1v) is 7.26. The number of amides is 2. The van der Waals surface area contributed by atoms with E-state index in [1.54, 1.807) is 6.92 Å². The minimum atomic E-state index is -0.962. The van der Waals surface area contributed by atoms with Gasteiger partial charge >= 0.3 is 5.97 Å². The number of hydrogen-bond acceptors (Lipinski definition) is 5. The molecule has 2 atom stereocenters. The zero-order valence-corrected chi connectivity index (χ0v) is 13.3. The summed E-state index contributed by atoms with van der Waals surface area (Å²) in [5.41, 5.74) is 5.22. The molecule has 0 aromatic rings. The number of rotatable bonds is 9. The standard InChI is InChI=1S/C14H27N3O4/c1-5-10(4)21-13(19)6-11(17-12(18)7-15)14(20)16-8-9(2)3/h9-11H,5-8,15H2,1-4H3,(H,16,20)(H,17,18)/t10?,11-/m0/s1. The van der Waals surface area contributed by atoms with Gasteiger partial charge in [0.05, 0.1) is 19.1 Å². The average Bonchev–Trinajstić information content (AvgIpc) is 2.43. The Balaban J connectivity index is 4.61. The lowest BCUT2D eigenvalue weighted by molar-refractivity contribution is -0.150. The maximum Gasteiger partial charge on any atom is 0.308 e. The fraction of sp³-hybridized carbons (Fsp3) is 0.786. The molecule has 0 aromatic carbocycles. The molecule has 4 N–H and O–H groups in total. The van der Waals surface area contributed by atoms with Crippen LogP contribution in [-0.4, -0.2) is 43.0 Å². The molecule has 0 radical (unpaired) electrons. The molecule has 7 heteroatoms. The van der Waals surface area contributed by atoms with Crippen LogP contribution in [0, 0.1) is 5.92 Å². The number of carbonyl (C=O) groups is 3. The minimum absolute atomic E-state index is 0.208. The Morgan fingerprint density at radius 1 is 1.19 bits per heavy atom. The van der Waals surface area contributed by atoms with Gasteiger partial charge in [0.15, 0.2) is 0 Å². The molecule has 0 bridgehead atoms. The maximum absolute atomic E-state index is 12.0. The summed E-state index contributed by atoms with van der Waals surface area (Å²) in [6.45, 7) is 7.78. The topological polar surface area (TPSA) is 111 Å². The summed E-state index contributed by atoms with van der Waals surface area (Å²) >= 11 is 0. The van der Waals surface area contributed by atoms with Crippen LogP contribution < -0.4 is 16.4 Å². The molecule has 122 valence electrons. The summed E-state index contributed by atoms with van der Waals surface area (Å²) in [7, 11) is 0. The smallest absolute Gasteiger partial charge is 0.308 e. The molecule has 0 rings (SSSR count). The highest BCUT2D eigenvalue weighted by Crippen LogP contribution is 2.02. The van der Waals surface area contributed by atoms with Crippen molar-refractivity contribution in [2.45, 2.75) is 52.7 Å². The largest absolute Gasteiger partial charge is 0.463 e. The van der Waals surface area contributed by atoms with Gasteiger partial charge in [0, 0.05) is 6.54 Å². The normalized spacial score (nSPS) is 13.4. The summed E-state index contributed by atoms with van der Waals surface area (Å²) in [6.07, 6.45) is 0.257. The van der Waals surface area contributed by atoms with E-state index in [-0.39, 0.29) is 25.0 Å². The van der Waals surface area contributed by atoms with Crippen molar-refractivity contribution in [3.63, 3.8) is 0 Å². The Hall–Kier alpha value is -1.63. The molecule has 0 aliphatic carbocycles. The third-order valence-electron chi connectivity index (χ3n) is 2.80. The number of carbonyl (C=O) groups excluding carboxylic acids is 3. The fourth-order valence-corrected chi connectivity index (χ4v) is 1.41. The summed E-state index contributed by atoms with van der Waals surface area (Å²) in [4.78, 5) is 35.1. The van der Waals surface area contributed by atoms with Crippen molar-refractivity contribution in [2.24, 2.45) is 11.7 Å². The molecule has 0 aromatic heterocycles. The molecule has 0 aliphatic heterocycles. The van der Waals surface area contributed by atoms with Gasteiger partial charge in [-0.1, -0.05) is 20.8 Å². The second kappa shape index (κ2) is 10.1. The van der Waals surface area contributed by atoms with E-state index in [0.717, 1.165) is 0 Å². The van der Waals surface area contributed by atoms with Crippen molar-refractivity contribution in [1.29, 1.82) is 0 Å². The van der Waals surface area contributed by atoms with Gasteiger partial charge in [0.2, 0.25) is 11.8 Å². The van der Waals surface area contributed by atoms with Crippen LogP contribution in [0.4, 0.5) is 0 Å². The molecule has 21 heavy (non-hydrogen) atoms. The highest BCUT2D eigenvalue weighted by Gasteiger charge is 2.24. The molecule has 1 unspecified atom stereocenters. The molecular weight excluding hydrogens is 274 g/mol. The van der Waals surface area contributed by atoms with Crippen molar-refractivity contribution in [3.8, 4) is 0 Å². The monoisotopic (exact) mass is 301 g/mol. The van der Waals surface area contributed by atoms with Crippen molar-refractivity contribution < 1.29 is 19.1 Å². The zero-order valence-electron chi connectivity index (χ0n) is 13.3. The zero-order chi connectivity index (χ0) is 16.4. The van der Waals surface area contributed by atoms with E-state index in [1.807, 2.05) is 20.8 Å². The summed E-state index contributed by atoms with van der Waals surface area (Å²) in [5, 5.41) is 5.12. The Morgan fingerprint density at radius 2 is 1.81 bits per heavy atom. The second-order valence-corrected chi connectivity index (χ2v) is 5.38. The molecule has 7 nitrogen and oxygen atoms in total. The number of nitrogens with two attached hydrogens (primary N) is 1. The van der Waals surface area contributed by atoms with E-state index in [4.69, 9.17) is 10.5 Å². The third kappa shape index (κ3) is 9.01. The Morgan fingerprint density at radius 3 is 2.29 bits per heavy atom. The predicted octanol–water partition coefficient (Wildman–Crippen LogP) is -0.0661. The number of nitrogens with one attached hydrogen (secondary N) is 2. The highest BCUT2D eigenvalue weighted by atomic mass is 16.5. The van der Waals surface area contributed by atoms with Crippen LogP contribution in [0.5, 0.6) is 0 Å². The SMILES string of the molecule is CCC(C)OC(=O)C[C@H](NC(=O)CN)C(=O)NCC(C)C. The van der Waals surface area contributed by atoms with E-state index in [9.17, 15) is 14.4 Å². The Bertz CT molecular complexity index is 358. The summed E-state index contributed by atoms with van der Waals surface area (Å²) in [5.74, 6) is -1.15.